The maximum absolute atomic E-state index is 12.3. The Balaban J connectivity index is 1.74. The number of nitrogens with one attached hydrogen (secondary N) is 1. The van der Waals surface area contributed by atoms with Crippen LogP contribution < -0.4 is 5.32 Å². The lowest BCUT2D eigenvalue weighted by Gasteiger charge is -2.07. The molecular weight excluding hydrogens is 304 g/mol. The summed E-state index contributed by atoms with van der Waals surface area (Å²) in [5.41, 5.74) is 0.643. The average Bonchev–Trinajstić information content (AvgIpc) is 3.18. The lowest BCUT2D eigenvalue weighted by atomic mass is 10.2. The molecule has 3 rings (SSSR count). The van der Waals surface area contributed by atoms with Gasteiger partial charge in [0.25, 0.3) is 5.91 Å². The van der Waals surface area contributed by atoms with Gasteiger partial charge in [0.2, 0.25) is 0 Å². The number of thioether (sulfide) groups is 1. The number of hydrogen-bond donors (Lipinski definition) is 1. The molecule has 1 amide bonds. The van der Waals surface area contributed by atoms with Gasteiger partial charge in [0.05, 0.1) is 17.6 Å². The van der Waals surface area contributed by atoms with Gasteiger partial charge < -0.3 is 4.42 Å². The van der Waals surface area contributed by atoms with Gasteiger partial charge in [-0.1, -0.05) is 12.1 Å². The Morgan fingerprint density at radius 3 is 2.95 bits per heavy atom. The SMILES string of the molecule is O=C(Nc1nccs1)c1ccccc1SCc1ccco1. The number of furan rings is 1. The number of hydrogen-bond acceptors (Lipinski definition) is 5. The molecule has 0 atom stereocenters. The Morgan fingerprint density at radius 1 is 1.29 bits per heavy atom. The van der Waals surface area contributed by atoms with Crippen molar-refractivity contribution in [1.29, 1.82) is 0 Å². The topological polar surface area (TPSA) is 55.1 Å². The minimum Gasteiger partial charge on any atom is -0.468 e. The number of carbonyl (C=O) groups excluding carboxylic acids is 1. The highest BCUT2D eigenvalue weighted by Gasteiger charge is 2.13. The normalized spacial score (nSPS) is 10.5. The molecule has 0 aliphatic carbocycles. The Bertz CT molecular complexity index is 709. The number of carbonyl (C=O) groups is 1. The molecule has 0 saturated heterocycles. The molecule has 106 valence electrons. The zero-order valence-corrected chi connectivity index (χ0v) is 12.6. The summed E-state index contributed by atoms with van der Waals surface area (Å²) in [7, 11) is 0. The Hall–Kier alpha value is -2.05. The second-order valence-corrected chi connectivity index (χ2v) is 6.07. The number of thiazole rings is 1. The van der Waals surface area contributed by atoms with Crippen molar-refractivity contribution in [3.05, 3.63) is 65.6 Å². The van der Waals surface area contributed by atoms with E-state index in [1.807, 2.05) is 41.8 Å². The van der Waals surface area contributed by atoms with E-state index >= 15 is 0 Å². The molecule has 0 aliphatic heterocycles. The van der Waals surface area contributed by atoms with Crippen molar-refractivity contribution in [1.82, 2.24) is 4.98 Å². The molecule has 0 saturated carbocycles. The number of benzene rings is 1. The summed E-state index contributed by atoms with van der Waals surface area (Å²) in [6.45, 7) is 0. The summed E-state index contributed by atoms with van der Waals surface area (Å²) < 4.78 is 5.31. The highest BCUT2D eigenvalue weighted by atomic mass is 32.2. The number of anilines is 1. The van der Waals surface area contributed by atoms with E-state index in [1.165, 1.54) is 11.3 Å². The van der Waals surface area contributed by atoms with E-state index in [-0.39, 0.29) is 5.91 Å². The van der Waals surface area contributed by atoms with Crippen molar-refractivity contribution in [2.75, 3.05) is 5.32 Å². The van der Waals surface area contributed by atoms with Gasteiger partial charge in [0.1, 0.15) is 5.76 Å². The highest BCUT2D eigenvalue weighted by Crippen LogP contribution is 2.27. The van der Waals surface area contributed by atoms with Gasteiger partial charge in [-0.3, -0.25) is 10.1 Å². The molecular formula is C15H12N2O2S2. The minimum absolute atomic E-state index is 0.146. The summed E-state index contributed by atoms with van der Waals surface area (Å²) in [6.07, 6.45) is 3.31. The molecule has 3 aromatic rings. The predicted octanol–water partition coefficient (Wildman–Crippen LogP) is 4.28. The van der Waals surface area contributed by atoms with Crippen LogP contribution in [0.4, 0.5) is 5.13 Å². The monoisotopic (exact) mass is 316 g/mol. The highest BCUT2D eigenvalue weighted by molar-refractivity contribution is 7.98. The molecule has 0 unspecified atom stereocenters. The number of aromatic nitrogens is 1. The molecule has 21 heavy (non-hydrogen) atoms. The summed E-state index contributed by atoms with van der Waals surface area (Å²) in [6, 6.07) is 11.3. The van der Waals surface area contributed by atoms with Crippen LogP contribution in [0.25, 0.3) is 0 Å². The summed E-state index contributed by atoms with van der Waals surface area (Å²) >= 11 is 2.97. The first-order valence-corrected chi connectivity index (χ1v) is 8.14. The lowest BCUT2D eigenvalue weighted by molar-refractivity contribution is 0.102. The van der Waals surface area contributed by atoms with Crippen LogP contribution in [0.15, 0.2) is 63.6 Å². The van der Waals surface area contributed by atoms with E-state index in [2.05, 4.69) is 10.3 Å². The molecule has 1 aromatic carbocycles. The second-order valence-electron chi connectivity index (χ2n) is 4.16. The third kappa shape index (κ3) is 3.53. The van der Waals surface area contributed by atoms with Crippen LogP contribution in [0, 0.1) is 0 Å². The van der Waals surface area contributed by atoms with Gasteiger partial charge in [-0.15, -0.1) is 23.1 Å². The van der Waals surface area contributed by atoms with Crippen molar-refractivity contribution < 1.29 is 9.21 Å². The Kier molecular flexibility index (Phi) is 4.37. The lowest BCUT2D eigenvalue weighted by Crippen LogP contribution is -2.12. The van der Waals surface area contributed by atoms with Gasteiger partial charge in [-0.2, -0.15) is 0 Å². The first-order chi connectivity index (χ1) is 10.3. The van der Waals surface area contributed by atoms with Crippen LogP contribution in [0.5, 0.6) is 0 Å². The van der Waals surface area contributed by atoms with Crippen molar-refractivity contribution in [2.45, 2.75) is 10.6 Å². The quantitative estimate of drug-likeness (QED) is 0.714. The zero-order chi connectivity index (χ0) is 14.5. The van der Waals surface area contributed by atoms with E-state index in [9.17, 15) is 4.79 Å². The molecule has 6 heteroatoms. The predicted molar refractivity (Wildman–Crippen MR) is 84.8 cm³/mol. The van der Waals surface area contributed by atoms with E-state index < -0.39 is 0 Å². The van der Waals surface area contributed by atoms with Crippen molar-refractivity contribution in [2.24, 2.45) is 0 Å². The van der Waals surface area contributed by atoms with E-state index in [0.29, 0.717) is 16.4 Å². The van der Waals surface area contributed by atoms with Crippen LogP contribution in [0.3, 0.4) is 0 Å². The zero-order valence-electron chi connectivity index (χ0n) is 11.0. The van der Waals surface area contributed by atoms with E-state index in [0.717, 1.165) is 10.7 Å². The van der Waals surface area contributed by atoms with Crippen LogP contribution >= 0.6 is 23.1 Å². The summed E-state index contributed by atoms with van der Waals surface area (Å²) in [5.74, 6) is 1.43. The van der Waals surface area contributed by atoms with Crippen LogP contribution in [-0.4, -0.2) is 10.9 Å². The molecule has 0 fully saturated rings. The van der Waals surface area contributed by atoms with Gasteiger partial charge in [-0.05, 0) is 24.3 Å². The number of rotatable bonds is 5. The smallest absolute Gasteiger partial charge is 0.258 e. The van der Waals surface area contributed by atoms with E-state index in [1.54, 1.807) is 24.2 Å². The number of nitrogens with zero attached hydrogens (tertiary/aromatic N) is 1. The standard InChI is InChI=1S/C15H12N2O2S2/c18-14(17-15-16-7-9-20-15)12-5-1-2-6-13(12)21-10-11-4-3-8-19-11/h1-9H,10H2,(H,16,17,18). The van der Waals surface area contributed by atoms with Gasteiger partial charge in [-0.25, -0.2) is 4.98 Å². The molecule has 4 nitrogen and oxygen atoms in total. The van der Waals surface area contributed by atoms with Crippen LogP contribution in [0.1, 0.15) is 16.1 Å². The van der Waals surface area contributed by atoms with Crippen molar-refractivity contribution in [3.63, 3.8) is 0 Å². The Labute approximate surface area is 130 Å². The molecule has 0 radical (unpaired) electrons. The second kappa shape index (κ2) is 6.60. The summed E-state index contributed by atoms with van der Waals surface area (Å²) in [5, 5.41) is 5.23. The fourth-order valence-corrected chi connectivity index (χ4v) is 3.25. The third-order valence-corrected chi connectivity index (χ3v) is 4.52. The maximum atomic E-state index is 12.3. The van der Waals surface area contributed by atoms with Gasteiger partial charge >= 0.3 is 0 Å². The molecule has 2 heterocycles. The van der Waals surface area contributed by atoms with Crippen molar-refractivity contribution >= 4 is 34.1 Å². The molecule has 0 bridgehead atoms. The largest absolute Gasteiger partial charge is 0.468 e. The molecule has 1 N–H and O–H groups in total. The molecule has 0 aliphatic rings. The summed E-state index contributed by atoms with van der Waals surface area (Å²) in [4.78, 5) is 17.3. The fraction of sp³-hybridized carbons (Fsp3) is 0.0667. The van der Waals surface area contributed by atoms with Crippen LogP contribution in [0.2, 0.25) is 0 Å². The van der Waals surface area contributed by atoms with Gasteiger partial charge in [0.15, 0.2) is 5.13 Å². The first kappa shape index (κ1) is 13.9. The minimum atomic E-state index is -0.146. The fourth-order valence-electron chi connectivity index (χ4n) is 1.77. The first-order valence-electron chi connectivity index (χ1n) is 6.28. The Morgan fingerprint density at radius 2 is 2.19 bits per heavy atom. The third-order valence-electron chi connectivity index (χ3n) is 2.73. The molecule has 2 aromatic heterocycles. The maximum Gasteiger partial charge on any atom is 0.258 e. The number of amides is 1. The van der Waals surface area contributed by atoms with Gasteiger partial charge in [0, 0.05) is 16.5 Å². The molecule has 0 spiro atoms. The van der Waals surface area contributed by atoms with E-state index in [4.69, 9.17) is 4.42 Å². The average molecular weight is 316 g/mol. The van der Waals surface area contributed by atoms with Crippen LogP contribution in [-0.2, 0) is 5.75 Å². The van der Waals surface area contributed by atoms with Crippen molar-refractivity contribution in [3.8, 4) is 0 Å².